The second-order valence-electron chi connectivity index (χ2n) is 4.46. The van der Waals surface area contributed by atoms with E-state index in [1.165, 1.54) is 0 Å². The summed E-state index contributed by atoms with van der Waals surface area (Å²) in [4.78, 5) is 0. The number of rotatable bonds is 5. The number of para-hydroxylation sites is 2. The molecule has 5 nitrogen and oxygen atoms in total. The number of tetrazole rings is 1. The number of nitrogens with zero attached hydrogens (tertiary/aromatic N) is 4. The monoisotopic (exact) mass is 332 g/mol. The normalized spacial score (nSPS) is 10.6. The van der Waals surface area contributed by atoms with Crippen molar-refractivity contribution in [2.45, 2.75) is 10.9 Å². The van der Waals surface area contributed by atoms with E-state index in [4.69, 9.17) is 16.3 Å². The third-order valence-corrected chi connectivity index (χ3v) is 4.28. The van der Waals surface area contributed by atoms with Crippen molar-refractivity contribution >= 4 is 23.4 Å². The second-order valence-corrected chi connectivity index (χ2v) is 5.84. The van der Waals surface area contributed by atoms with E-state index in [0.717, 1.165) is 27.8 Å². The zero-order valence-corrected chi connectivity index (χ0v) is 13.4. The lowest BCUT2D eigenvalue weighted by molar-refractivity contribution is 0.410. The van der Waals surface area contributed by atoms with Gasteiger partial charge in [0.05, 0.1) is 7.11 Å². The van der Waals surface area contributed by atoms with Crippen LogP contribution in [0, 0.1) is 0 Å². The Hall–Kier alpha value is -2.05. The topological polar surface area (TPSA) is 52.8 Å². The zero-order chi connectivity index (χ0) is 15.4. The van der Waals surface area contributed by atoms with E-state index in [1.54, 1.807) is 23.6 Å². The van der Waals surface area contributed by atoms with Gasteiger partial charge in [-0.1, -0.05) is 47.6 Å². The average Bonchev–Trinajstić information content (AvgIpc) is 3.02. The zero-order valence-electron chi connectivity index (χ0n) is 11.8. The minimum atomic E-state index is 0.708. The molecule has 0 aliphatic carbocycles. The lowest BCUT2D eigenvalue weighted by Crippen LogP contribution is -2.01. The summed E-state index contributed by atoms with van der Waals surface area (Å²) in [5.74, 6) is 1.48. The second kappa shape index (κ2) is 6.81. The summed E-state index contributed by atoms with van der Waals surface area (Å²) < 4.78 is 7.04. The summed E-state index contributed by atoms with van der Waals surface area (Å²) >= 11 is 7.45. The van der Waals surface area contributed by atoms with Crippen LogP contribution in [0.5, 0.6) is 5.75 Å². The van der Waals surface area contributed by atoms with Crippen LogP contribution in [0.4, 0.5) is 0 Å². The third kappa shape index (κ3) is 3.23. The molecule has 0 N–H and O–H groups in total. The third-order valence-electron chi connectivity index (χ3n) is 3.04. The molecule has 0 unspecified atom stereocenters. The molecule has 0 saturated heterocycles. The number of halogens is 1. The van der Waals surface area contributed by atoms with E-state index < -0.39 is 0 Å². The van der Waals surface area contributed by atoms with E-state index in [9.17, 15) is 0 Å². The fourth-order valence-corrected chi connectivity index (χ4v) is 2.92. The first-order chi connectivity index (χ1) is 10.8. The number of thioether (sulfide) groups is 1. The smallest absolute Gasteiger partial charge is 0.214 e. The standard InChI is InChI=1S/C15H13ClN4OS/c1-21-14-5-3-2-4-13(14)20-15(17-18-19-20)22-10-11-6-8-12(16)9-7-11/h2-9H,10H2,1H3. The van der Waals surface area contributed by atoms with Gasteiger partial charge in [-0.2, -0.15) is 4.68 Å². The van der Waals surface area contributed by atoms with Crippen molar-refractivity contribution in [2.75, 3.05) is 7.11 Å². The molecule has 0 aliphatic rings. The van der Waals surface area contributed by atoms with Gasteiger partial charge in [0.25, 0.3) is 0 Å². The van der Waals surface area contributed by atoms with E-state index in [0.29, 0.717) is 5.16 Å². The van der Waals surface area contributed by atoms with Gasteiger partial charge >= 0.3 is 0 Å². The van der Waals surface area contributed by atoms with Gasteiger partial charge in [0.2, 0.25) is 5.16 Å². The maximum atomic E-state index is 5.89. The number of ether oxygens (including phenoxy) is 1. The Bertz CT molecular complexity index is 760. The van der Waals surface area contributed by atoms with Crippen molar-refractivity contribution in [3.8, 4) is 11.4 Å². The van der Waals surface area contributed by atoms with Gasteiger partial charge < -0.3 is 4.74 Å². The number of hydrogen-bond acceptors (Lipinski definition) is 5. The molecule has 0 atom stereocenters. The molecule has 1 aromatic heterocycles. The van der Waals surface area contributed by atoms with Gasteiger partial charge in [-0.05, 0) is 40.3 Å². The molecule has 3 aromatic rings. The highest BCUT2D eigenvalue weighted by Gasteiger charge is 2.12. The van der Waals surface area contributed by atoms with Crippen LogP contribution in [-0.4, -0.2) is 27.3 Å². The highest BCUT2D eigenvalue weighted by atomic mass is 35.5. The van der Waals surface area contributed by atoms with Crippen molar-refractivity contribution in [1.82, 2.24) is 20.2 Å². The van der Waals surface area contributed by atoms with Gasteiger partial charge in [0.1, 0.15) is 11.4 Å². The number of aromatic nitrogens is 4. The van der Waals surface area contributed by atoms with Crippen LogP contribution >= 0.6 is 23.4 Å². The SMILES string of the molecule is COc1ccccc1-n1nnnc1SCc1ccc(Cl)cc1. The molecule has 0 radical (unpaired) electrons. The highest BCUT2D eigenvalue weighted by Crippen LogP contribution is 2.27. The Morgan fingerprint density at radius 1 is 1.14 bits per heavy atom. The molecule has 0 amide bonds. The predicted molar refractivity (Wildman–Crippen MR) is 86.7 cm³/mol. The summed E-state index contributed by atoms with van der Waals surface area (Å²) in [7, 11) is 1.63. The van der Waals surface area contributed by atoms with Crippen molar-refractivity contribution in [2.24, 2.45) is 0 Å². The molecule has 0 aliphatic heterocycles. The average molecular weight is 333 g/mol. The van der Waals surface area contributed by atoms with Crippen molar-refractivity contribution in [3.05, 3.63) is 59.1 Å². The summed E-state index contributed by atoms with van der Waals surface area (Å²) in [5, 5.41) is 13.3. The van der Waals surface area contributed by atoms with Gasteiger partial charge in [-0.25, -0.2) is 0 Å². The van der Waals surface area contributed by atoms with Crippen LogP contribution in [-0.2, 0) is 5.75 Å². The molecule has 0 bridgehead atoms. The molecule has 7 heteroatoms. The molecule has 112 valence electrons. The first kappa shape index (κ1) is 14.9. The van der Waals surface area contributed by atoms with E-state index in [1.807, 2.05) is 48.5 Å². The summed E-state index contributed by atoms with van der Waals surface area (Å²) in [6.07, 6.45) is 0. The van der Waals surface area contributed by atoms with Crippen LogP contribution in [0.1, 0.15) is 5.56 Å². The van der Waals surface area contributed by atoms with E-state index in [-0.39, 0.29) is 0 Å². The maximum Gasteiger partial charge on any atom is 0.214 e. The number of benzene rings is 2. The summed E-state index contributed by atoms with van der Waals surface area (Å²) in [6.45, 7) is 0. The molecular formula is C15H13ClN4OS. The Morgan fingerprint density at radius 2 is 1.91 bits per heavy atom. The van der Waals surface area contributed by atoms with Crippen LogP contribution < -0.4 is 4.74 Å². The Balaban J connectivity index is 1.81. The summed E-state index contributed by atoms with van der Waals surface area (Å²) in [6, 6.07) is 15.4. The van der Waals surface area contributed by atoms with Crippen LogP contribution in [0.15, 0.2) is 53.7 Å². The lowest BCUT2D eigenvalue weighted by atomic mass is 10.2. The fraction of sp³-hybridized carbons (Fsp3) is 0.133. The minimum Gasteiger partial charge on any atom is -0.494 e. The molecular weight excluding hydrogens is 320 g/mol. The minimum absolute atomic E-state index is 0.708. The number of hydrogen-bond donors (Lipinski definition) is 0. The largest absolute Gasteiger partial charge is 0.494 e. The van der Waals surface area contributed by atoms with Crippen molar-refractivity contribution < 1.29 is 4.74 Å². The van der Waals surface area contributed by atoms with Gasteiger partial charge in [-0.15, -0.1) is 5.10 Å². The van der Waals surface area contributed by atoms with E-state index in [2.05, 4.69) is 15.5 Å². The fourth-order valence-electron chi connectivity index (χ4n) is 1.95. The van der Waals surface area contributed by atoms with Crippen LogP contribution in [0.3, 0.4) is 0 Å². The molecule has 2 aromatic carbocycles. The Labute approximate surface area is 137 Å². The highest BCUT2D eigenvalue weighted by molar-refractivity contribution is 7.98. The molecule has 1 heterocycles. The van der Waals surface area contributed by atoms with Crippen molar-refractivity contribution in [3.63, 3.8) is 0 Å². The van der Waals surface area contributed by atoms with Gasteiger partial charge in [0.15, 0.2) is 0 Å². The number of methoxy groups -OCH3 is 1. The van der Waals surface area contributed by atoms with E-state index >= 15 is 0 Å². The van der Waals surface area contributed by atoms with Crippen molar-refractivity contribution in [1.29, 1.82) is 0 Å². The molecule has 3 rings (SSSR count). The summed E-state index contributed by atoms with van der Waals surface area (Å²) in [5.41, 5.74) is 1.97. The Kier molecular flexibility index (Phi) is 4.60. The first-order valence-corrected chi connectivity index (χ1v) is 7.93. The van der Waals surface area contributed by atoms with Gasteiger partial charge in [0, 0.05) is 10.8 Å². The van der Waals surface area contributed by atoms with Gasteiger partial charge in [-0.3, -0.25) is 0 Å². The molecule has 0 saturated carbocycles. The van der Waals surface area contributed by atoms with Crippen LogP contribution in [0.25, 0.3) is 5.69 Å². The first-order valence-electron chi connectivity index (χ1n) is 6.57. The Morgan fingerprint density at radius 3 is 2.68 bits per heavy atom. The van der Waals surface area contributed by atoms with Crippen LogP contribution in [0.2, 0.25) is 5.02 Å². The molecule has 0 spiro atoms. The lowest BCUT2D eigenvalue weighted by Gasteiger charge is -2.08. The molecule has 0 fully saturated rings. The molecule has 22 heavy (non-hydrogen) atoms. The predicted octanol–water partition coefficient (Wildman–Crippen LogP) is 3.62. The maximum absolute atomic E-state index is 5.89. The quantitative estimate of drug-likeness (QED) is 0.668.